The summed E-state index contributed by atoms with van der Waals surface area (Å²) < 4.78 is 0. The summed E-state index contributed by atoms with van der Waals surface area (Å²) in [7, 11) is 0. The van der Waals surface area contributed by atoms with Crippen LogP contribution in [0.25, 0.3) is 10.9 Å². The number of carbonyl (C=O) groups excluding carboxylic acids is 1. The number of aromatic amines is 2. The number of H-pyrrole nitrogens is 2. The molecule has 1 saturated carbocycles. The van der Waals surface area contributed by atoms with Crippen molar-refractivity contribution in [1.29, 1.82) is 0 Å². The number of fused-ring (bicyclic) bond motifs is 1. The summed E-state index contributed by atoms with van der Waals surface area (Å²) in [5, 5.41) is 15.6. The summed E-state index contributed by atoms with van der Waals surface area (Å²) >= 11 is 0. The van der Waals surface area contributed by atoms with E-state index in [0.717, 1.165) is 41.9 Å². The number of carbonyl (C=O) groups is 1. The van der Waals surface area contributed by atoms with Gasteiger partial charge in [-0.1, -0.05) is 18.2 Å². The van der Waals surface area contributed by atoms with Crippen molar-refractivity contribution in [3.63, 3.8) is 0 Å². The Labute approximate surface area is 144 Å². The zero-order valence-electron chi connectivity index (χ0n) is 13.9. The molecular formula is C18H20N6O. The molecular weight excluding hydrogens is 316 g/mol. The van der Waals surface area contributed by atoms with Gasteiger partial charge in [-0.25, -0.2) is 4.98 Å². The van der Waals surface area contributed by atoms with E-state index in [2.05, 4.69) is 25.4 Å². The highest BCUT2D eigenvalue weighted by Crippen LogP contribution is 2.38. The van der Waals surface area contributed by atoms with Crippen LogP contribution in [0, 0.1) is 0 Å². The lowest BCUT2D eigenvalue weighted by atomic mass is 9.97. The number of hydrogen-bond acceptors (Lipinski definition) is 4. The molecule has 1 aliphatic carbocycles. The van der Waals surface area contributed by atoms with Crippen molar-refractivity contribution in [2.45, 2.75) is 37.5 Å². The second-order valence-corrected chi connectivity index (χ2v) is 7.06. The Hall–Kier alpha value is -2.70. The molecule has 1 atom stereocenters. The number of likely N-dealkylation sites (tertiary alicyclic amines) is 1. The molecule has 1 saturated heterocycles. The smallest absolute Gasteiger partial charge is 0.275 e. The third-order valence-corrected chi connectivity index (χ3v) is 5.23. The minimum Gasteiger partial charge on any atom is -0.337 e. The van der Waals surface area contributed by atoms with E-state index in [9.17, 15) is 4.79 Å². The second-order valence-electron chi connectivity index (χ2n) is 7.06. The van der Waals surface area contributed by atoms with Gasteiger partial charge in [0.25, 0.3) is 5.91 Å². The van der Waals surface area contributed by atoms with Gasteiger partial charge in [0, 0.05) is 30.3 Å². The van der Waals surface area contributed by atoms with Crippen LogP contribution in [0.4, 0.5) is 0 Å². The molecule has 25 heavy (non-hydrogen) atoms. The van der Waals surface area contributed by atoms with Gasteiger partial charge in [-0.15, -0.1) is 0 Å². The summed E-state index contributed by atoms with van der Waals surface area (Å²) in [6.45, 7) is 1.42. The molecule has 0 radical (unpaired) electrons. The van der Waals surface area contributed by atoms with Crippen LogP contribution in [0.5, 0.6) is 0 Å². The van der Waals surface area contributed by atoms with Crippen molar-refractivity contribution >= 4 is 16.8 Å². The van der Waals surface area contributed by atoms with Crippen LogP contribution >= 0.6 is 0 Å². The lowest BCUT2D eigenvalue weighted by Crippen LogP contribution is -2.39. The highest BCUT2D eigenvalue weighted by molar-refractivity contribution is 6.04. The number of para-hydroxylation sites is 1. The third-order valence-electron chi connectivity index (χ3n) is 5.23. The fraction of sp³-hybridized carbons (Fsp3) is 0.444. The minimum absolute atomic E-state index is 0.0138. The number of aromatic nitrogens is 5. The number of nitrogens with one attached hydrogen (secondary N) is 2. The number of rotatable bonds is 3. The molecule has 2 fully saturated rings. The number of nitrogens with zero attached hydrogens (tertiary/aromatic N) is 4. The van der Waals surface area contributed by atoms with E-state index < -0.39 is 0 Å². The first-order valence-electron chi connectivity index (χ1n) is 8.94. The van der Waals surface area contributed by atoms with Gasteiger partial charge in [0.2, 0.25) is 0 Å². The van der Waals surface area contributed by atoms with Gasteiger partial charge in [-0.3, -0.25) is 15.0 Å². The average Bonchev–Trinajstić information content (AvgIpc) is 3.23. The first-order chi connectivity index (χ1) is 12.3. The maximum Gasteiger partial charge on any atom is 0.275 e. The molecule has 7 nitrogen and oxygen atoms in total. The normalized spacial score (nSPS) is 21.0. The van der Waals surface area contributed by atoms with Gasteiger partial charge in [0.1, 0.15) is 5.82 Å². The quantitative estimate of drug-likeness (QED) is 0.769. The Morgan fingerprint density at radius 1 is 1.08 bits per heavy atom. The maximum absolute atomic E-state index is 13.0. The van der Waals surface area contributed by atoms with E-state index in [4.69, 9.17) is 0 Å². The predicted molar refractivity (Wildman–Crippen MR) is 92.3 cm³/mol. The molecule has 3 aromatic rings. The Morgan fingerprint density at radius 3 is 2.84 bits per heavy atom. The maximum atomic E-state index is 13.0. The van der Waals surface area contributed by atoms with E-state index in [1.807, 2.05) is 29.2 Å². The second kappa shape index (κ2) is 5.68. The Kier molecular flexibility index (Phi) is 3.33. The Morgan fingerprint density at radius 2 is 1.96 bits per heavy atom. The highest BCUT2D eigenvalue weighted by Gasteiger charge is 2.32. The molecule has 1 aliphatic heterocycles. The lowest BCUT2D eigenvalue weighted by molar-refractivity contribution is 0.0700. The van der Waals surface area contributed by atoms with Gasteiger partial charge < -0.3 is 4.90 Å². The van der Waals surface area contributed by atoms with Crippen molar-refractivity contribution in [2.75, 3.05) is 13.1 Å². The lowest BCUT2D eigenvalue weighted by Gasteiger charge is -2.31. The predicted octanol–water partition coefficient (Wildman–Crippen LogP) is 2.58. The Balaban J connectivity index is 1.37. The molecule has 2 aliphatic rings. The fourth-order valence-electron chi connectivity index (χ4n) is 3.66. The zero-order valence-corrected chi connectivity index (χ0v) is 13.9. The monoisotopic (exact) mass is 336 g/mol. The minimum atomic E-state index is -0.0138. The van der Waals surface area contributed by atoms with E-state index in [0.29, 0.717) is 18.2 Å². The van der Waals surface area contributed by atoms with Crippen LogP contribution in [0.15, 0.2) is 24.3 Å². The van der Waals surface area contributed by atoms with Crippen molar-refractivity contribution in [3.05, 3.63) is 41.6 Å². The van der Waals surface area contributed by atoms with Crippen LogP contribution < -0.4 is 0 Å². The van der Waals surface area contributed by atoms with Crippen molar-refractivity contribution < 1.29 is 4.79 Å². The SMILES string of the molecule is O=C(c1n[nH]c2ccccc12)N1CCCC(c2n[nH]c(C3CC3)n2)C1. The molecule has 128 valence electrons. The van der Waals surface area contributed by atoms with Crippen LogP contribution in [0.3, 0.4) is 0 Å². The molecule has 1 aromatic carbocycles. The van der Waals surface area contributed by atoms with Crippen molar-refractivity contribution in [3.8, 4) is 0 Å². The number of benzene rings is 1. The van der Waals surface area contributed by atoms with E-state index >= 15 is 0 Å². The van der Waals surface area contributed by atoms with Gasteiger partial charge >= 0.3 is 0 Å². The fourth-order valence-corrected chi connectivity index (χ4v) is 3.66. The number of amides is 1. The van der Waals surface area contributed by atoms with Gasteiger partial charge in [-0.05, 0) is 31.7 Å². The van der Waals surface area contributed by atoms with Crippen molar-refractivity contribution in [2.24, 2.45) is 0 Å². The molecule has 5 rings (SSSR count). The highest BCUT2D eigenvalue weighted by atomic mass is 16.2. The van der Waals surface area contributed by atoms with Crippen LogP contribution in [-0.2, 0) is 0 Å². The standard InChI is InChI=1S/C18H20N6O/c25-18(15-13-5-1-2-6-14(13)20-21-15)24-9-3-4-12(10-24)17-19-16(22-23-17)11-7-8-11/h1-2,5-6,11-12H,3-4,7-10H2,(H,20,21)(H,19,22,23). The molecule has 0 spiro atoms. The van der Waals surface area contributed by atoms with Crippen LogP contribution in [0.2, 0.25) is 0 Å². The zero-order chi connectivity index (χ0) is 16.8. The molecule has 2 aromatic heterocycles. The topological polar surface area (TPSA) is 90.6 Å². The third kappa shape index (κ3) is 2.59. The molecule has 7 heteroatoms. The van der Waals surface area contributed by atoms with E-state index in [-0.39, 0.29) is 11.8 Å². The largest absolute Gasteiger partial charge is 0.337 e. The van der Waals surface area contributed by atoms with Crippen LogP contribution in [-0.4, -0.2) is 49.3 Å². The summed E-state index contributed by atoms with van der Waals surface area (Å²) in [4.78, 5) is 19.5. The molecule has 3 heterocycles. The van der Waals surface area contributed by atoms with Gasteiger partial charge in [-0.2, -0.15) is 10.2 Å². The van der Waals surface area contributed by atoms with E-state index in [1.54, 1.807) is 0 Å². The average molecular weight is 336 g/mol. The summed E-state index contributed by atoms with van der Waals surface area (Å²) in [6, 6.07) is 7.74. The first kappa shape index (κ1) is 14.6. The van der Waals surface area contributed by atoms with Gasteiger partial charge in [0.05, 0.1) is 5.52 Å². The Bertz CT molecular complexity index is 924. The molecule has 2 N–H and O–H groups in total. The van der Waals surface area contributed by atoms with E-state index in [1.165, 1.54) is 12.8 Å². The van der Waals surface area contributed by atoms with Gasteiger partial charge in [0.15, 0.2) is 11.5 Å². The molecule has 1 amide bonds. The number of piperidine rings is 1. The summed E-state index contributed by atoms with van der Waals surface area (Å²) in [5.41, 5.74) is 1.40. The molecule has 1 unspecified atom stereocenters. The summed E-state index contributed by atoms with van der Waals surface area (Å²) in [5.74, 6) is 2.62. The van der Waals surface area contributed by atoms with Crippen LogP contribution in [0.1, 0.15) is 59.7 Å². The molecule has 0 bridgehead atoms. The number of hydrogen-bond donors (Lipinski definition) is 2. The van der Waals surface area contributed by atoms with Crippen molar-refractivity contribution in [1.82, 2.24) is 30.3 Å². The first-order valence-corrected chi connectivity index (χ1v) is 8.94. The summed E-state index contributed by atoms with van der Waals surface area (Å²) in [6.07, 6.45) is 4.39.